The van der Waals surface area contributed by atoms with E-state index >= 15 is 0 Å². The highest BCUT2D eigenvalue weighted by Crippen LogP contribution is 2.27. The molecule has 8 heteroatoms. The number of carbonyl (C=O) groups excluding carboxylic acids is 2. The molecule has 0 fully saturated rings. The molecule has 0 unspecified atom stereocenters. The van der Waals surface area contributed by atoms with Gasteiger partial charge in [-0.3, -0.25) is 9.59 Å². The van der Waals surface area contributed by atoms with E-state index in [1.54, 1.807) is 22.9 Å². The van der Waals surface area contributed by atoms with E-state index in [1.807, 2.05) is 51.1 Å². The second-order valence-corrected chi connectivity index (χ2v) is 11.0. The molecule has 35 heavy (non-hydrogen) atoms. The number of amides is 2. The summed E-state index contributed by atoms with van der Waals surface area (Å²) in [6, 6.07) is 14.4. The van der Waals surface area contributed by atoms with Gasteiger partial charge in [0.1, 0.15) is 12.4 Å². The van der Waals surface area contributed by atoms with E-state index in [4.69, 9.17) is 28.3 Å². The largest absolute Gasteiger partial charge is 0.329 e. The minimum atomic E-state index is -0.317. The molecule has 0 spiro atoms. The Balaban J connectivity index is 1.90. The van der Waals surface area contributed by atoms with Gasteiger partial charge in [-0.15, -0.1) is 0 Å². The molecule has 0 bridgehead atoms. The molecule has 0 aliphatic heterocycles. The van der Waals surface area contributed by atoms with Gasteiger partial charge in [-0.25, -0.2) is 4.68 Å². The zero-order chi connectivity index (χ0) is 25.9. The topological polar surface area (TPSA) is 67.2 Å². The Labute approximate surface area is 217 Å². The van der Waals surface area contributed by atoms with Crippen LogP contribution in [0.1, 0.15) is 56.2 Å². The first kappa shape index (κ1) is 26.8. The maximum Gasteiger partial charge on any atom is 0.254 e. The van der Waals surface area contributed by atoms with Crippen LogP contribution < -0.4 is 5.32 Å². The maximum atomic E-state index is 13.3. The van der Waals surface area contributed by atoms with E-state index < -0.39 is 0 Å². The first-order chi connectivity index (χ1) is 16.3. The van der Waals surface area contributed by atoms with Gasteiger partial charge in [0.05, 0.1) is 11.4 Å². The molecule has 3 rings (SSSR count). The minimum Gasteiger partial charge on any atom is -0.329 e. The number of nitrogens with one attached hydrogen (secondary N) is 1. The van der Waals surface area contributed by atoms with Gasteiger partial charge in [0.25, 0.3) is 5.91 Å². The first-order valence-electron chi connectivity index (χ1n) is 11.6. The van der Waals surface area contributed by atoms with Crippen molar-refractivity contribution in [3.05, 3.63) is 75.4 Å². The standard InChI is InChI=1S/C27H32Cl2N4O2/c1-17(2)15-32(26(35)19-11-20(28)13-21(29)12-19)16-25(34)30-24-14-23(27(4,5)6)31-33(24)22-10-8-7-9-18(22)3/h7-14,17H,15-16H2,1-6H3,(H,30,34). The van der Waals surface area contributed by atoms with E-state index in [0.717, 1.165) is 16.9 Å². The number of hydrogen-bond acceptors (Lipinski definition) is 3. The van der Waals surface area contributed by atoms with Crippen molar-refractivity contribution in [2.75, 3.05) is 18.4 Å². The second-order valence-electron chi connectivity index (χ2n) is 10.1. The van der Waals surface area contributed by atoms with Gasteiger partial charge in [0.15, 0.2) is 0 Å². The molecule has 1 N–H and O–H groups in total. The van der Waals surface area contributed by atoms with Crippen LogP contribution in [0.3, 0.4) is 0 Å². The van der Waals surface area contributed by atoms with Crippen molar-refractivity contribution < 1.29 is 9.59 Å². The predicted molar refractivity (Wildman–Crippen MR) is 143 cm³/mol. The van der Waals surface area contributed by atoms with Crippen molar-refractivity contribution in [3.8, 4) is 5.69 Å². The smallest absolute Gasteiger partial charge is 0.254 e. The summed E-state index contributed by atoms with van der Waals surface area (Å²) in [4.78, 5) is 28.0. The molecular formula is C27H32Cl2N4O2. The first-order valence-corrected chi connectivity index (χ1v) is 12.3. The lowest BCUT2D eigenvalue weighted by molar-refractivity contribution is -0.117. The molecule has 2 aromatic carbocycles. The number of carbonyl (C=O) groups is 2. The summed E-state index contributed by atoms with van der Waals surface area (Å²) < 4.78 is 1.75. The van der Waals surface area contributed by atoms with Crippen molar-refractivity contribution in [3.63, 3.8) is 0 Å². The quantitative estimate of drug-likeness (QED) is 0.390. The van der Waals surface area contributed by atoms with Crippen LogP contribution in [-0.4, -0.2) is 39.6 Å². The third kappa shape index (κ3) is 6.86. The fourth-order valence-electron chi connectivity index (χ4n) is 3.70. The molecule has 1 aromatic heterocycles. The van der Waals surface area contributed by atoms with Crippen molar-refractivity contribution in [1.29, 1.82) is 0 Å². The third-order valence-electron chi connectivity index (χ3n) is 5.41. The minimum absolute atomic E-state index is 0.120. The zero-order valence-electron chi connectivity index (χ0n) is 21.0. The fourth-order valence-corrected chi connectivity index (χ4v) is 4.22. The number of halogens is 2. The molecule has 0 aliphatic rings. The Hall–Kier alpha value is -2.83. The van der Waals surface area contributed by atoms with Gasteiger partial charge in [0.2, 0.25) is 5.91 Å². The number of hydrogen-bond donors (Lipinski definition) is 1. The molecule has 0 atom stereocenters. The van der Waals surface area contributed by atoms with Crippen LogP contribution >= 0.6 is 23.2 Å². The summed E-state index contributed by atoms with van der Waals surface area (Å²) in [5.41, 5.74) is 2.89. The van der Waals surface area contributed by atoms with Gasteiger partial charge in [-0.1, -0.05) is 76.0 Å². The number of aromatic nitrogens is 2. The van der Waals surface area contributed by atoms with Crippen LogP contribution in [0.2, 0.25) is 10.0 Å². The van der Waals surface area contributed by atoms with Crippen LogP contribution in [0, 0.1) is 12.8 Å². The van der Waals surface area contributed by atoms with Crippen molar-refractivity contribution in [2.24, 2.45) is 5.92 Å². The van der Waals surface area contributed by atoms with E-state index in [9.17, 15) is 9.59 Å². The van der Waals surface area contributed by atoms with E-state index in [-0.39, 0.29) is 29.7 Å². The summed E-state index contributed by atoms with van der Waals surface area (Å²) in [6.07, 6.45) is 0. The third-order valence-corrected chi connectivity index (χ3v) is 5.84. The molecule has 1 heterocycles. The molecule has 3 aromatic rings. The average molecular weight is 515 g/mol. The lowest BCUT2D eigenvalue weighted by Crippen LogP contribution is -2.40. The summed E-state index contributed by atoms with van der Waals surface area (Å²) in [5.74, 6) is 0.0896. The highest BCUT2D eigenvalue weighted by atomic mass is 35.5. The Morgan fingerprint density at radius 1 is 1.06 bits per heavy atom. The summed E-state index contributed by atoms with van der Waals surface area (Å²) in [7, 11) is 0. The van der Waals surface area contributed by atoms with Gasteiger partial charge in [-0.05, 0) is 42.7 Å². The summed E-state index contributed by atoms with van der Waals surface area (Å²) in [6.45, 7) is 12.5. The van der Waals surface area contributed by atoms with E-state index in [1.165, 1.54) is 4.90 Å². The van der Waals surface area contributed by atoms with Crippen molar-refractivity contribution in [1.82, 2.24) is 14.7 Å². The maximum absolute atomic E-state index is 13.3. The molecule has 0 radical (unpaired) electrons. The molecule has 2 amide bonds. The van der Waals surface area contributed by atoms with Crippen LogP contribution in [0.15, 0.2) is 48.5 Å². The van der Waals surface area contributed by atoms with Gasteiger partial charge in [-0.2, -0.15) is 5.10 Å². The molecule has 0 saturated heterocycles. The van der Waals surface area contributed by atoms with Crippen LogP contribution in [0.4, 0.5) is 5.82 Å². The molecular weight excluding hydrogens is 483 g/mol. The van der Waals surface area contributed by atoms with Gasteiger partial charge in [0, 0.05) is 33.6 Å². The Morgan fingerprint density at radius 2 is 1.69 bits per heavy atom. The Morgan fingerprint density at radius 3 is 2.26 bits per heavy atom. The summed E-state index contributed by atoms with van der Waals surface area (Å²) >= 11 is 12.2. The zero-order valence-corrected chi connectivity index (χ0v) is 22.5. The number of para-hydroxylation sites is 1. The highest BCUT2D eigenvalue weighted by molar-refractivity contribution is 6.35. The molecule has 0 aliphatic carbocycles. The van der Waals surface area contributed by atoms with Crippen LogP contribution in [-0.2, 0) is 10.2 Å². The number of aryl methyl sites for hydroxylation is 1. The number of benzene rings is 2. The van der Waals surface area contributed by atoms with Crippen LogP contribution in [0.5, 0.6) is 0 Å². The monoisotopic (exact) mass is 514 g/mol. The van der Waals surface area contributed by atoms with Crippen molar-refractivity contribution in [2.45, 2.75) is 47.0 Å². The number of anilines is 1. The Bertz CT molecular complexity index is 1210. The molecule has 6 nitrogen and oxygen atoms in total. The van der Waals surface area contributed by atoms with Gasteiger partial charge < -0.3 is 10.2 Å². The lowest BCUT2D eigenvalue weighted by Gasteiger charge is -2.24. The SMILES string of the molecule is Cc1ccccc1-n1nc(C(C)(C)C)cc1NC(=O)CN(CC(C)C)C(=O)c1cc(Cl)cc(Cl)c1. The van der Waals surface area contributed by atoms with E-state index in [0.29, 0.717) is 28.0 Å². The Kier molecular flexibility index (Phi) is 8.29. The number of rotatable bonds is 7. The highest BCUT2D eigenvalue weighted by Gasteiger charge is 2.24. The van der Waals surface area contributed by atoms with Crippen LogP contribution in [0.25, 0.3) is 5.69 Å². The lowest BCUT2D eigenvalue weighted by atomic mass is 9.92. The average Bonchev–Trinajstić information content (AvgIpc) is 3.16. The fraction of sp³-hybridized carbons (Fsp3) is 0.370. The second kappa shape index (κ2) is 10.8. The van der Waals surface area contributed by atoms with E-state index in [2.05, 4.69) is 26.1 Å². The molecule has 0 saturated carbocycles. The summed E-state index contributed by atoms with van der Waals surface area (Å²) in [5, 5.41) is 8.50. The number of nitrogens with zero attached hydrogens (tertiary/aromatic N) is 3. The normalized spacial score (nSPS) is 11.6. The van der Waals surface area contributed by atoms with Gasteiger partial charge >= 0.3 is 0 Å². The molecule has 186 valence electrons. The van der Waals surface area contributed by atoms with Crippen molar-refractivity contribution >= 4 is 40.8 Å². The predicted octanol–water partition coefficient (Wildman–Crippen LogP) is 6.52.